The van der Waals surface area contributed by atoms with Crippen LogP contribution in [0.25, 0.3) is 27.8 Å². The molecule has 5 rings (SSSR count). The van der Waals surface area contributed by atoms with Gasteiger partial charge in [-0.2, -0.15) is 0 Å². The highest BCUT2D eigenvalue weighted by molar-refractivity contribution is 5.74. The predicted octanol–water partition coefficient (Wildman–Crippen LogP) is 11.0. The Morgan fingerprint density at radius 1 is 0.769 bits per heavy atom. The van der Waals surface area contributed by atoms with Crippen molar-refractivity contribution in [2.24, 2.45) is 17.8 Å². The highest BCUT2D eigenvalue weighted by Crippen LogP contribution is 2.42. The van der Waals surface area contributed by atoms with Crippen LogP contribution in [0.15, 0.2) is 73.3 Å². The Bertz CT molecular complexity index is 1330. The quantitative estimate of drug-likeness (QED) is 0.255. The molecule has 0 radical (unpaired) electrons. The lowest BCUT2D eigenvalue weighted by Crippen LogP contribution is -2.22. The molecule has 1 fully saturated rings. The average molecular weight is 529 g/mol. The van der Waals surface area contributed by atoms with Gasteiger partial charge in [-0.1, -0.05) is 74.0 Å². The first kappa shape index (κ1) is 27.5. The predicted molar refractivity (Wildman–Crippen MR) is 157 cm³/mol. The summed E-state index contributed by atoms with van der Waals surface area (Å²) >= 11 is 0. The van der Waals surface area contributed by atoms with Crippen LogP contribution in [-0.4, -0.2) is 0 Å². The molecule has 0 bridgehead atoms. The average Bonchev–Trinajstić information content (AvgIpc) is 2.98. The molecule has 0 aliphatic heterocycles. The number of unbranched alkanes of at least 4 members (excludes halogenated alkanes) is 1. The monoisotopic (exact) mass is 528 g/mol. The minimum Gasteiger partial charge on any atom is -0.206 e. The third kappa shape index (κ3) is 6.08. The van der Waals surface area contributed by atoms with Gasteiger partial charge < -0.3 is 0 Å². The molecule has 2 aliphatic rings. The molecular weight excluding hydrogens is 489 g/mol. The smallest absolute Gasteiger partial charge is 0.166 e. The van der Waals surface area contributed by atoms with Crippen molar-refractivity contribution >= 4 is 5.57 Å². The first-order valence-electron chi connectivity index (χ1n) is 14.7. The van der Waals surface area contributed by atoms with Gasteiger partial charge >= 0.3 is 0 Å². The van der Waals surface area contributed by atoms with Crippen molar-refractivity contribution in [1.82, 2.24) is 0 Å². The normalized spacial score (nSPS) is 21.4. The maximum Gasteiger partial charge on any atom is 0.166 e. The lowest BCUT2D eigenvalue weighted by molar-refractivity contribution is 0.212. The molecule has 3 heteroatoms. The SMILES string of the molecule is C=CC1CCC(C2CC=C(c3ccc(-c4ccc(-c5ccc(CCCC)c(F)c5F)cc4)cc3F)CC2)CC1. The number of aryl methyl sites for hydroxylation is 1. The second-order valence-corrected chi connectivity index (χ2v) is 11.5. The Morgan fingerprint density at radius 3 is 2.10 bits per heavy atom. The molecule has 0 N–H and O–H groups in total. The van der Waals surface area contributed by atoms with Crippen LogP contribution in [0.4, 0.5) is 13.2 Å². The summed E-state index contributed by atoms with van der Waals surface area (Å²) in [5.74, 6) is 0.420. The molecule has 0 heterocycles. The second kappa shape index (κ2) is 12.4. The summed E-state index contributed by atoms with van der Waals surface area (Å²) in [5.41, 5.74) is 4.71. The molecule has 204 valence electrons. The zero-order chi connectivity index (χ0) is 27.4. The minimum atomic E-state index is -0.806. The van der Waals surface area contributed by atoms with Crippen molar-refractivity contribution in [3.05, 3.63) is 102 Å². The first-order valence-corrected chi connectivity index (χ1v) is 14.7. The van der Waals surface area contributed by atoms with Crippen LogP contribution in [0.1, 0.15) is 75.8 Å². The lowest BCUT2D eigenvalue weighted by Gasteiger charge is -2.34. The molecule has 0 spiro atoms. The second-order valence-electron chi connectivity index (χ2n) is 11.5. The number of allylic oxidation sites excluding steroid dienone is 3. The van der Waals surface area contributed by atoms with E-state index in [4.69, 9.17) is 0 Å². The summed E-state index contributed by atoms with van der Waals surface area (Å²) in [6, 6.07) is 16.0. The maximum absolute atomic E-state index is 15.3. The number of halogens is 3. The molecule has 1 unspecified atom stereocenters. The molecule has 1 saturated carbocycles. The van der Waals surface area contributed by atoms with Crippen molar-refractivity contribution in [3.63, 3.8) is 0 Å². The van der Waals surface area contributed by atoms with Crippen molar-refractivity contribution in [2.45, 2.75) is 71.1 Å². The third-order valence-corrected chi connectivity index (χ3v) is 9.07. The van der Waals surface area contributed by atoms with E-state index in [9.17, 15) is 8.78 Å². The van der Waals surface area contributed by atoms with Crippen LogP contribution in [0.5, 0.6) is 0 Å². The highest BCUT2D eigenvalue weighted by atomic mass is 19.2. The summed E-state index contributed by atoms with van der Waals surface area (Å²) in [5, 5.41) is 0. The van der Waals surface area contributed by atoms with Gasteiger partial charge in [0.05, 0.1) is 0 Å². The summed E-state index contributed by atoms with van der Waals surface area (Å²) in [7, 11) is 0. The van der Waals surface area contributed by atoms with E-state index in [0.717, 1.165) is 54.7 Å². The van der Waals surface area contributed by atoms with Gasteiger partial charge in [-0.25, -0.2) is 13.2 Å². The van der Waals surface area contributed by atoms with Gasteiger partial charge in [-0.3, -0.25) is 0 Å². The highest BCUT2D eigenvalue weighted by Gasteiger charge is 2.28. The Kier molecular flexibility index (Phi) is 8.75. The zero-order valence-corrected chi connectivity index (χ0v) is 23.0. The fraction of sp³-hybridized carbons (Fsp3) is 0.389. The van der Waals surface area contributed by atoms with Crippen LogP contribution < -0.4 is 0 Å². The number of rotatable bonds is 8. The van der Waals surface area contributed by atoms with E-state index in [1.54, 1.807) is 30.3 Å². The van der Waals surface area contributed by atoms with Gasteiger partial charge in [0, 0.05) is 11.1 Å². The summed E-state index contributed by atoms with van der Waals surface area (Å²) in [6.07, 6.45) is 14.9. The van der Waals surface area contributed by atoms with Gasteiger partial charge in [-0.15, -0.1) is 6.58 Å². The zero-order valence-electron chi connectivity index (χ0n) is 23.0. The number of benzene rings is 3. The Morgan fingerprint density at radius 2 is 1.46 bits per heavy atom. The van der Waals surface area contributed by atoms with Gasteiger partial charge in [-0.05, 0) is 109 Å². The van der Waals surface area contributed by atoms with E-state index in [-0.39, 0.29) is 11.4 Å². The van der Waals surface area contributed by atoms with E-state index in [2.05, 4.69) is 18.7 Å². The Balaban J connectivity index is 1.27. The van der Waals surface area contributed by atoms with E-state index in [1.165, 1.54) is 25.7 Å². The maximum atomic E-state index is 15.3. The number of hydrogen-bond acceptors (Lipinski definition) is 0. The largest absolute Gasteiger partial charge is 0.206 e. The summed E-state index contributed by atoms with van der Waals surface area (Å²) in [4.78, 5) is 0. The third-order valence-electron chi connectivity index (χ3n) is 9.07. The van der Waals surface area contributed by atoms with Crippen molar-refractivity contribution in [1.29, 1.82) is 0 Å². The van der Waals surface area contributed by atoms with Crippen LogP contribution in [0, 0.1) is 35.2 Å². The first-order chi connectivity index (χ1) is 19.0. The Hall–Kier alpha value is -3.07. The molecule has 0 aromatic heterocycles. The van der Waals surface area contributed by atoms with Crippen LogP contribution in [0.3, 0.4) is 0 Å². The molecule has 1 atom stereocenters. The molecule has 2 aliphatic carbocycles. The van der Waals surface area contributed by atoms with Crippen LogP contribution in [-0.2, 0) is 6.42 Å². The molecule has 0 amide bonds. The van der Waals surface area contributed by atoms with Crippen molar-refractivity contribution in [3.8, 4) is 22.3 Å². The molecule has 39 heavy (non-hydrogen) atoms. The van der Waals surface area contributed by atoms with E-state index in [1.807, 2.05) is 31.2 Å². The van der Waals surface area contributed by atoms with Crippen LogP contribution >= 0.6 is 0 Å². The standard InChI is InChI=1S/C36H39F3/c1-3-5-6-30-19-22-33(36(39)35(30)38)29-17-13-27(14-18-29)31-20-21-32(34(37)23-31)28-15-11-26(12-16-28)25-9-7-24(4-2)8-10-25/h4,13-15,17-26H,2-3,5-12,16H2,1H3. The molecule has 0 saturated heterocycles. The van der Waals surface area contributed by atoms with E-state index < -0.39 is 11.6 Å². The molecule has 3 aromatic carbocycles. The van der Waals surface area contributed by atoms with Gasteiger partial charge in [0.25, 0.3) is 0 Å². The molecular formula is C36H39F3. The topological polar surface area (TPSA) is 0 Å². The summed E-state index contributed by atoms with van der Waals surface area (Å²) < 4.78 is 44.7. The Labute approximate surface area is 231 Å². The van der Waals surface area contributed by atoms with E-state index in [0.29, 0.717) is 34.9 Å². The van der Waals surface area contributed by atoms with E-state index >= 15 is 4.39 Å². The lowest BCUT2D eigenvalue weighted by atomic mass is 9.71. The molecule has 0 nitrogen and oxygen atoms in total. The van der Waals surface area contributed by atoms with Crippen molar-refractivity contribution in [2.75, 3.05) is 0 Å². The van der Waals surface area contributed by atoms with Gasteiger partial charge in [0.1, 0.15) is 5.82 Å². The number of hydrogen-bond donors (Lipinski definition) is 0. The van der Waals surface area contributed by atoms with Crippen molar-refractivity contribution < 1.29 is 13.2 Å². The summed E-state index contributed by atoms with van der Waals surface area (Å²) in [6.45, 7) is 5.99. The minimum absolute atomic E-state index is 0.205. The molecule has 3 aromatic rings. The fourth-order valence-corrected chi connectivity index (χ4v) is 6.55. The van der Waals surface area contributed by atoms with Gasteiger partial charge in [0.2, 0.25) is 0 Å². The van der Waals surface area contributed by atoms with Gasteiger partial charge in [0.15, 0.2) is 11.6 Å². The van der Waals surface area contributed by atoms with Crippen LogP contribution in [0.2, 0.25) is 0 Å². The fourth-order valence-electron chi connectivity index (χ4n) is 6.55.